The summed E-state index contributed by atoms with van der Waals surface area (Å²) in [6.45, 7) is 4.39. The van der Waals surface area contributed by atoms with Gasteiger partial charge in [0.05, 0.1) is 11.4 Å². The lowest BCUT2D eigenvalue weighted by molar-refractivity contribution is -0.133. The zero-order valence-corrected chi connectivity index (χ0v) is 18.2. The minimum Gasteiger partial charge on any atom is -0.489 e. The lowest BCUT2D eigenvalue weighted by Gasteiger charge is -2.19. The van der Waals surface area contributed by atoms with Crippen LogP contribution in [0.5, 0.6) is 5.75 Å². The van der Waals surface area contributed by atoms with Crippen LogP contribution in [-0.4, -0.2) is 28.0 Å². The van der Waals surface area contributed by atoms with E-state index in [1.807, 2.05) is 44.2 Å². The van der Waals surface area contributed by atoms with Gasteiger partial charge < -0.3 is 10.1 Å². The first-order valence-electron chi connectivity index (χ1n) is 10.8. The van der Waals surface area contributed by atoms with E-state index in [1.165, 1.54) is 0 Å². The molecule has 1 aromatic heterocycles. The van der Waals surface area contributed by atoms with Gasteiger partial charge in [-0.1, -0.05) is 25.1 Å². The summed E-state index contributed by atoms with van der Waals surface area (Å²) >= 11 is 0. The molecule has 32 heavy (non-hydrogen) atoms. The molecule has 3 atom stereocenters. The molecular weight excluding hydrogens is 406 g/mol. The number of hydrogen-bond donors (Lipinski definition) is 3. The smallest absolute Gasteiger partial charge is 0.251 e. The van der Waals surface area contributed by atoms with Gasteiger partial charge in [-0.2, -0.15) is 0 Å². The number of ether oxygens (including phenoxy) is 1. The molecule has 1 fully saturated rings. The topological polar surface area (TPSA) is 101 Å². The molecule has 0 bridgehead atoms. The number of hydrogen-bond acceptors (Lipinski definition) is 5. The standard InChI is InChI=1S/C25H27N3O4/c1-15-11-21(25(30)28-31)23(12-15)27-24(29)17-7-9-19(10-8-17)32-14-18-13-16(2)26-22-6-4-3-5-20(18)22/h3-10,13,15,21,23,31H,11-12,14H2,1-2H3,(H,27,29)(H,28,30)/t15?,21-,23+/m0/s1. The van der Waals surface area contributed by atoms with E-state index in [4.69, 9.17) is 9.94 Å². The molecule has 1 heterocycles. The fourth-order valence-electron chi connectivity index (χ4n) is 4.45. The number of nitrogens with one attached hydrogen (secondary N) is 2. The molecule has 0 spiro atoms. The Morgan fingerprint density at radius 2 is 1.88 bits per heavy atom. The molecule has 7 nitrogen and oxygen atoms in total. The first-order chi connectivity index (χ1) is 15.4. The second-order valence-corrected chi connectivity index (χ2v) is 8.49. The number of benzene rings is 2. The van der Waals surface area contributed by atoms with Crippen molar-refractivity contribution in [1.29, 1.82) is 0 Å². The third-order valence-corrected chi connectivity index (χ3v) is 6.00. The van der Waals surface area contributed by atoms with Gasteiger partial charge in [0.2, 0.25) is 5.91 Å². The highest BCUT2D eigenvalue weighted by Gasteiger charge is 2.37. The monoisotopic (exact) mass is 433 g/mol. The Balaban J connectivity index is 1.40. The largest absolute Gasteiger partial charge is 0.489 e. The van der Waals surface area contributed by atoms with Crippen molar-refractivity contribution in [3.8, 4) is 5.75 Å². The molecule has 3 aromatic rings. The normalized spacial score (nSPS) is 20.2. The second kappa shape index (κ2) is 9.36. The number of nitrogens with zero attached hydrogens (tertiary/aromatic N) is 1. The number of para-hydroxylation sites is 1. The Hall–Kier alpha value is -3.45. The maximum absolute atomic E-state index is 12.7. The van der Waals surface area contributed by atoms with Gasteiger partial charge in [0.15, 0.2) is 0 Å². The highest BCUT2D eigenvalue weighted by atomic mass is 16.5. The van der Waals surface area contributed by atoms with Crippen LogP contribution in [0.1, 0.15) is 41.4 Å². The number of carbonyl (C=O) groups is 2. The van der Waals surface area contributed by atoms with Crippen LogP contribution in [0.25, 0.3) is 10.9 Å². The Labute approximate surface area is 186 Å². The van der Waals surface area contributed by atoms with E-state index >= 15 is 0 Å². The van der Waals surface area contributed by atoms with Crippen LogP contribution in [0.4, 0.5) is 0 Å². The first-order valence-corrected chi connectivity index (χ1v) is 10.8. The van der Waals surface area contributed by atoms with E-state index in [0.29, 0.717) is 36.7 Å². The van der Waals surface area contributed by atoms with Gasteiger partial charge in [-0.05, 0) is 62.1 Å². The molecular formula is C25H27N3O4. The van der Waals surface area contributed by atoms with Crippen molar-refractivity contribution in [1.82, 2.24) is 15.8 Å². The van der Waals surface area contributed by atoms with Gasteiger partial charge in [0.25, 0.3) is 5.91 Å². The summed E-state index contributed by atoms with van der Waals surface area (Å²) in [6.07, 6.45) is 1.33. The maximum atomic E-state index is 12.7. The molecule has 0 radical (unpaired) electrons. The molecule has 4 rings (SSSR count). The molecule has 1 aliphatic rings. The van der Waals surface area contributed by atoms with E-state index in [0.717, 1.165) is 22.2 Å². The fraction of sp³-hybridized carbons (Fsp3) is 0.320. The Kier molecular flexibility index (Phi) is 6.37. The van der Waals surface area contributed by atoms with Gasteiger partial charge >= 0.3 is 0 Å². The quantitative estimate of drug-likeness (QED) is 0.406. The van der Waals surface area contributed by atoms with Crippen molar-refractivity contribution in [2.75, 3.05) is 0 Å². The average Bonchev–Trinajstić information content (AvgIpc) is 3.17. The summed E-state index contributed by atoms with van der Waals surface area (Å²) in [7, 11) is 0. The number of aromatic nitrogens is 1. The number of pyridine rings is 1. The van der Waals surface area contributed by atoms with Crippen LogP contribution in [0.2, 0.25) is 0 Å². The van der Waals surface area contributed by atoms with Gasteiger partial charge in [-0.25, -0.2) is 5.48 Å². The average molecular weight is 434 g/mol. The summed E-state index contributed by atoms with van der Waals surface area (Å²) in [5, 5.41) is 13.0. The molecule has 166 valence electrons. The van der Waals surface area contributed by atoms with Crippen LogP contribution in [0.15, 0.2) is 54.6 Å². The minimum atomic E-state index is -0.456. The summed E-state index contributed by atoms with van der Waals surface area (Å²) in [5.74, 6) is -0.178. The Bertz CT molecular complexity index is 1130. The van der Waals surface area contributed by atoms with Crippen LogP contribution in [0.3, 0.4) is 0 Å². The maximum Gasteiger partial charge on any atom is 0.251 e. The lowest BCUT2D eigenvalue weighted by Crippen LogP contribution is -2.43. The van der Waals surface area contributed by atoms with Crippen molar-refractivity contribution >= 4 is 22.7 Å². The number of aryl methyl sites for hydroxylation is 1. The van der Waals surface area contributed by atoms with Crippen LogP contribution in [0, 0.1) is 18.8 Å². The van der Waals surface area contributed by atoms with Crippen molar-refractivity contribution in [2.45, 2.75) is 39.3 Å². The minimum absolute atomic E-state index is 0.248. The third-order valence-electron chi connectivity index (χ3n) is 6.00. The molecule has 1 aliphatic carbocycles. The zero-order valence-electron chi connectivity index (χ0n) is 18.2. The van der Waals surface area contributed by atoms with E-state index < -0.39 is 11.8 Å². The van der Waals surface area contributed by atoms with E-state index in [1.54, 1.807) is 29.7 Å². The Morgan fingerprint density at radius 1 is 1.12 bits per heavy atom. The highest BCUT2D eigenvalue weighted by Crippen LogP contribution is 2.31. The summed E-state index contributed by atoms with van der Waals surface area (Å²) < 4.78 is 5.96. The number of amides is 2. The van der Waals surface area contributed by atoms with Crippen LogP contribution < -0.4 is 15.5 Å². The molecule has 2 amide bonds. The highest BCUT2D eigenvalue weighted by molar-refractivity contribution is 5.95. The van der Waals surface area contributed by atoms with Crippen molar-refractivity contribution in [3.05, 3.63) is 71.4 Å². The summed E-state index contributed by atoms with van der Waals surface area (Å²) in [4.78, 5) is 29.1. The molecule has 7 heteroatoms. The summed E-state index contributed by atoms with van der Waals surface area (Å²) in [5.41, 5.74) is 5.13. The molecule has 1 unspecified atom stereocenters. The van der Waals surface area contributed by atoms with E-state index in [2.05, 4.69) is 10.3 Å². The molecule has 3 N–H and O–H groups in total. The number of rotatable bonds is 6. The molecule has 2 aromatic carbocycles. The van der Waals surface area contributed by atoms with Crippen molar-refractivity contribution < 1.29 is 19.5 Å². The number of carbonyl (C=O) groups excluding carboxylic acids is 2. The summed E-state index contributed by atoms with van der Waals surface area (Å²) in [6, 6.07) is 16.6. The predicted octanol–water partition coefficient (Wildman–Crippen LogP) is 3.77. The van der Waals surface area contributed by atoms with Crippen LogP contribution >= 0.6 is 0 Å². The van der Waals surface area contributed by atoms with E-state index in [9.17, 15) is 9.59 Å². The lowest BCUT2D eigenvalue weighted by atomic mass is 10.0. The van der Waals surface area contributed by atoms with Gasteiger partial charge in [-0.15, -0.1) is 0 Å². The zero-order chi connectivity index (χ0) is 22.7. The fourth-order valence-corrected chi connectivity index (χ4v) is 4.45. The van der Waals surface area contributed by atoms with Crippen LogP contribution in [-0.2, 0) is 11.4 Å². The van der Waals surface area contributed by atoms with Crippen molar-refractivity contribution in [2.24, 2.45) is 11.8 Å². The number of hydroxylamine groups is 1. The number of fused-ring (bicyclic) bond motifs is 1. The SMILES string of the molecule is Cc1cc(COc2ccc(C(=O)N[C@@H]3CC(C)C[C@@H]3C(=O)NO)cc2)c2ccccc2n1. The molecule has 1 saturated carbocycles. The van der Waals surface area contributed by atoms with Gasteiger partial charge in [-0.3, -0.25) is 19.8 Å². The predicted molar refractivity (Wildman–Crippen MR) is 120 cm³/mol. The third kappa shape index (κ3) is 4.73. The molecule has 0 saturated heterocycles. The van der Waals surface area contributed by atoms with E-state index in [-0.39, 0.29) is 11.9 Å². The van der Waals surface area contributed by atoms with Crippen molar-refractivity contribution in [3.63, 3.8) is 0 Å². The van der Waals surface area contributed by atoms with Gasteiger partial charge in [0.1, 0.15) is 12.4 Å². The first kappa shape index (κ1) is 21.8. The Morgan fingerprint density at radius 3 is 2.62 bits per heavy atom. The molecule has 0 aliphatic heterocycles. The second-order valence-electron chi connectivity index (χ2n) is 8.49. The van der Waals surface area contributed by atoms with Gasteiger partial charge in [0, 0.05) is 28.2 Å².